The summed E-state index contributed by atoms with van der Waals surface area (Å²) in [4.78, 5) is 0. The Hall–Kier alpha value is -1.84. The van der Waals surface area contributed by atoms with Crippen LogP contribution in [0.5, 0.6) is 0 Å². The molecule has 0 aliphatic rings. The molecule has 0 spiro atoms. The van der Waals surface area contributed by atoms with Crippen LogP contribution in [-0.2, 0) is 17.2 Å². The van der Waals surface area contributed by atoms with E-state index in [0.29, 0.717) is 17.3 Å². The second-order valence-corrected chi connectivity index (χ2v) is 5.96. The first-order chi connectivity index (χ1) is 10.7. The van der Waals surface area contributed by atoms with Gasteiger partial charge in [0.25, 0.3) is 0 Å². The fraction of sp³-hybridized carbons (Fsp3) is 0.143. The molecule has 0 saturated heterocycles. The summed E-state index contributed by atoms with van der Waals surface area (Å²) in [5.74, 6) is 0. The molecule has 0 aliphatic heterocycles. The van der Waals surface area contributed by atoms with E-state index in [1.54, 1.807) is 24.3 Å². The van der Waals surface area contributed by atoms with Crippen molar-refractivity contribution in [2.24, 2.45) is 0 Å². The van der Waals surface area contributed by atoms with Crippen LogP contribution in [-0.4, -0.2) is 27.6 Å². The fourth-order valence-corrected chi connectivity index (χ4v) is 2.50. The number of anilines is 1. The van der Waals surface area contributed by atoms with E-state index in [4.69, 9.17) is 0 Å². The Bertz CT molecular complexity index is 720. The van der Waals surface area contributed by atoms with Crippen molar-refractivity contribution in [3.8, 4) is 11.1 Å². The zero-order chi connectivity index (χ0) is 17.2. The van der Waals surface area contributed by atoms with Crippen LogP contribution < -0.4 is 10.2 Å². The topological polar surface area (TPSA) is 69.6 Å². The molecule has 0 aliphatic carbocycles. The first-order valence-electron chi connectivity index (χ1n) is 6.45. The predicted molar refractivity (Wildman–Crippen MR) is 84.4 cm³/mol. The van der Waals surface area contributed by atoms with Gasteiger partial charge in [0, 0.05) is 11.9 Å². The Labute approximate surface area is 133 Å². The quantitative estimate of drug-likeness (QED) is 0.741. The summed E-state index contributed by atoms with van der Waals surface area (Å²) in [6, 6.07) is 9.17. The predicted octanol–water partition coefficient (Wildman–Crippen LogP) is 1.76. The Kier molecular flexibility index (Phi) is 5.13. The number of hydrogen-bond acceptors (Lipinski definition) is 3. The van der Waals surface area contributed by atoms with Gasteiger partial charge in [-0.2, -0.15) is 13.2 Å². The van der Waals surface area contributed by atoms with Crippen molar-refractivity contribution < 1.29 is 27.4 Å². The van der Waals surface area contributed by atoms with Gasteiger partial charge >= 0.3 is 13.3 Å². The molecule has 0 fully saturated rings. The van der Waals surface area contributed by atoms with Crippen LogP contribution >= 0.6 is 0 Å². The smallest absolute Gasteiger partial charge is 0.423 e. The molecule has 9 heteroatoms. The van der Waals surface area contributed by atoms with E-state index in [9.17, 15) is 27.4 Å². The van der Waals surface area contributed by atoms with Gasteiger partial charge in [-0.05, 0) is 34.8 Å². The summed E-state index contributed by atoms with van der Waals surface area (Å²) in [5, 5.41) is 18.3. The number of rotatable bonds is 4. The number of benzene rings is 2. The largest absolute Gasteiger partial charge is 0.488 e. The van der Waals surface area contributed by atoms with Gasteiger partial charge in [-0.3, -0.25) is 0 Å². The van der Waals surface area contributed by atoms with Gasteiger partial charge in [0.05, 0.1) is 5.56 Å². The Morgan fingerprint density at radius 3 is 2.13 bits per heavy atom. The van der Waals surface area contributed by atoms with Crippen molar-refractivity contribution in [1.29, 1.82) is 0 Å². The molecular weight excluding hydrogens is 330 g/mol. The zero-order valence-electron chi connectivity index (χ0n) is 12.0. The van der Waals surface area contributed by atoms with Crippen molar-refractivity contribution in [2.45, 2.75) is 6.18 Å². The van der Waals surface area contributed by atoms with Crippen molar-refractivity contribution in [1.82, 2.24) is 0 Å². The second-order valence-electron chi connectivity index (χ2n) is 4.85. The third-order valence-electron chi connectivity index (χ3n) is 3.06. The minimum Gasteiger partial charge on any atom is -0.423 e. The van der Waals surface area contributed by atoms with Crippen molar-refractivity contribution in [3.63, 3.8) is 0 Å². The molecule has 0 radical (unpaired) electrons. The van der Waals surface area contributed by atoms with Gasteiger partial charge in [0.2, 0.25) is 0 Å². The second kappa shape index (κ2) is 6.73. The summed E-state index contributed by atoms with van der Waals surface area (Å²) in [6.45, 7) is 0. The van der Waals surface area contributed by atoms with E-state index in [-0.39, 0.29) is 11.0 Å². The highest BCUT2D eigenvalue weighted by Crippen LogP contribution is 2.32. The number of hydrogen-bond donors (Lipinski definition) is 3. The molecule has 23 heavy (non-hydrogen) atoms. The van der Waals surface area contributed by atoms with Gasteiger partial charge < -0.3 is 14.8 Å². The molecule has 0 amide bonds. The van der Waals surface area contributed by atoms with Crippen molar-refractivity contribution in [2.75, 3.05) is 11.0 Å². The SMILES string of the molecule is CS(=O)Nc1ccc(-c2cc(B(O)O)cc(C(F)(F)F)c2)cc1. The molecule has 4 nitrogen and oxygen atoms in total. The molecule has 0 heterocycles. The Balaban J connectivity index is 2.45. The number of halogens is 3. The highest BCUT2D eigenvalue weighted by molar-refractivity contribution is 7.85. The summed E-state index contributed by atoms with van der Waals surface area (Å²) >= 11 is 0. The summed E-state index contributed by atoms with van der Waals surface area (Å²) in [6.07, 6.45) is -3.14. The van der Waals surface area contributed by atoms with Crippen LogP contribution in [0.3, 0.4) is 0 Å². The van der Waals surface area contributed by atoms with Crippen LogP contribution in [0.25, 0.3) is 11.1 Å². The van der Waals surface area contributed by atoms with Gasteiger partial charge in [-0.15, -0.1) is 0 Å². The lowest BCUT2D eigenvalue weighted by atomic mass is 9.78. The maximum atomic E-state index is 12.9. The lowest BCUT2D eigenvalue weighted by Crippen LogP contribution is -2.31. The van der Waals surface area contributed by atoms with E-state index in [0.717, 1.165) is 6.07 Å². The molecule has 122 valence electrons. The maximum absolute atomic E-state index is 12.9. The van der Waals surface area contributed by atoms with Crippen LogP contribution in [0.4, 0.5) is 18.9 Å². The molecule has 0 bridgehead atoms. The third kappa shape index (κ3) is 4.57. The minimum absolute atomic E-state index is 0.201. The van der Waals surface area contributed by atoms with E-state index in [1.165, 1.54) is 12.3 Å². The summed E-state index contributed by atoms with van der Waals surface area (Å²) < 4.78 is 52.5. The lowest BCUT2D eigenvalue weighted by molar-refractivity contribution is -0.137. The van der Waals surface area contributed by atoms with Gasteiger partial charge in [-0.1, -0.05) is 24.3 Å². The molecule has 0 aromatic heterocycles. The van der Waals surface area contributed by atoms with Gasteiger partial charge in [0.15, 0.2) is 0 Å². The van der Waals surface area contributed by atoms with Crippen LogP contribution in [0.1, 0.15) is 5.56 Å². The number of alkyl halides is 3. The highest BCUT2D eigenvalue weighted by atomic mass is 32.2. The first-order valence-corrected chi connectivity index (χ1v) is 8.01. The lowest BCUT2D eigenvalue weighted by Gasteiger charge is -2.12. The zero-order valence-corrected chi connectivity index (χ0v) is 12.8. The standard InChI is InChI=1S/C14H13BF3NO3S/c1-23(22)19-13-4-2-9(3-5-13)10-6-11(14(16,17)18)8-12(7-10)15(20)21/h2-8,19-21H,1H3. The fourth-order valence-electron chi connectivity index (χ4n) is 2.03. The molecule has 2 rings (SSSR count). The van der Waals surface area contributed by atoms with Gasteiger partial charge in [0.1, 0.15) is 11.0 Å². The van der Waals surface area contributed by atoms with E-state index >= 15 is 0 Å². The molecule has 0 saturated carbocycles. The first kappa shape index (κ1) is 17.5. The molecule has 3 N–H and O–H groups in total. The average molecular weight is 343 g/mol. The average Bonchev–Trinajstić information content (AvgIpc) is 2.46. The van der Waals surface area contributed by atoms with Crippen LogP contribution in [0, 0.1) is 0 Å². The van der Waals surface area contributed by atoms with Crippen LogP contribution in [0.2, 0.25) is 0 Å². The van der Waals surface area contributed by atoms with Crippen LogP contribution in [0.15, 0.2) is 42.5 Å². The molecule has 2 aromatic carbocycles. The van der Waals surface area contributed by atoms with Crippen molar-refractivity contribution >= 4 is 29.3 Å². The van der Waals surface area contributed by atoms with E-state index in [2.05, 4.69) is 4.72 Å². The number of nitrogens with one attached hydrogen (secondary N) is 1. The molecule has 1 unspecified atom stereocenters. The Morgan fingerprint density at radius 2 is 1.65 bits per heavy atom. The van der Waals surface area contributed by atoms with Crippen molar-refractivity contribution in [3.05, 3.63) is 48.0 Å². The molecule has 2 aromatic rings. The Morgan fingerprint density at radius 1 is 1.04 bits per heavy atom. The minimum atomic E-state index is -4.60. The molecule has 1 atom stereocenters. The third-order valence-corrected chi connectivity index (χ3v) is 3.58. The van der Waals surface area contributed by atoms with E-state index < -0.39 is 29.8 Å². The normalized spacial score (nSPS) is 12.8. The summed E-state index contributed by atoms with van der Waals surface area (Å²) in [5.41, 5.74) is 0.0168. The monoisotopic (exact) mass is 343 g/mol. The van der Waals surface area contributed by atoms with E-state index in [1.807, 2.05) is 0 Å². The molecular formula is C14H13BF3NO3S. The maximum Gasteiger partial charge on any atom is 0.488 e. The van der Waals surface area contributed by atoms with Gasteiger partial charge in [-0.25, -0.2) is 4.21 Å². The highest BCUT2D eigenvalue weighted by Gasteiger charge is 2.32. The summed E-state index contributed by atoms with van der Waals surface area (Å²) in [7, 11) is -3.26.